The van der Waals surface area contributed by atoms with Crippen LogP contribution in [0.5, 0.6) is 5.75 Å². The number of nitrogens with zero attached hydrogens (tertiary/aromatic N) is 5. The third kappa shape index (κ3) is 5.99. The van der Waals surface area contributed by atoms with Gasteiger partial charge in [-0.1, -0.05) is 17.3 Å². The van der Waals surface area contributed by atoms with Crippen LogP contribution in [0.3, 0.4) is 0 Å². The summed E-state index contributed by atoms with van der Waals surface area (Å²) in [5, 5.41) is 8.23. The molecular weight excluding hydrogens is 457 g/mol. The molecule has 1 aliphatic heterocycles. The molecule has 0 saturated carbocycles. The van der Waals surface area contributed by atoms with Crippen molar-refractivity contribution in [2.75, 3.05) is 33.4 Å². The fraction of sp³-hybridized carbons (Fsp3) is 0.417. The van der Waals surface area contributed by atoms with Crippen molar-refractivity contribution in [3.63, 3.8) is 0 Å². The molecule has 0 bridgehead atoms. The smallest absolute Gasteiger partial charge is 0.243 e. The van der Waals surface area contributed by atoms with Crippen molar-refractivity contribution >= 4 is 10.0 Å². The maximum atomic E-state index is 13.0. The maximum absolute atomic E-state index is 13.0. The number of hydrogen-bond donors (Lipinski definition) is 0. The molecule has 0 aliphatic carbocycles. The number of rotatable bonds is 11. The Morgan fingerprint density at radius 1 is 1.06 bits per heavy atom. The quantitative estimate of drug-likeness (QED) is 0.386. The van der Waals surface area contributed by atoms with Crippen LogP contribution in [0, 0.1) is 0 Å². The molecule has 1 saturated heterocycles. The lowest BCUT2D eigenvalue weighted by Crippen LogP contribution is -2.26. The van der Waals surface area contributed by atoms with Gasteiger partial charge in [0.2, 0.25) is 10.0 Å². The topological polar surface area (TPSA) is 80.6 Å². The number of sulfonamides is 1. The van der Waals surface area contributed by atoms with Gasteiger partial charge in [-0.15, -0.1) is 5.10 Å². The van der Waals surface area contributed by atoms with Crippen molar-refractivity contribution in [1.82, 2.24) is 24.2 Å². The lowest BCUT2D eigenvalue weighted by atomic mass is 10.2. The molecule has 34 heavy (non-hydrogen) atoms. The van der Waals surface area contributed by atoms with Crippen LogP contribution in [0.1, 0.15) is 30.5 Å². The van der Waals surface area contributed by atoms with E-state index in [0.29, 0.717) is 24.5 Å². The highest BCUT2D eigenvalue weighted by atomic mass is 32.2. The number of benzene rings is 2. The van der Waals surface area contributed by atoms with Gasteiger partial charge < -0.3 is 4.74 Å². The van der Waals surface area contributed by atoms with Crippen LogP contribution in [0.4, 0.5) is 4.39 Å². The summed E-state index contributed by atoms with van der Waals surface area (Å²) in [7, 11) is -2.12. The molecular formula is C24H30FN5O3S. The van der Waals surface area contributed by atoms with E-state index in [1.54, 1.807) is 35.1 Å². The Morgan fingerprint density at radius 2 is 1.76 bits per heavy atom. The van der Waals surface area contributed by atoms with Gasteiger partial charge in [0.15, 0.2) is 0 Å². The lowest BCUT2D eigenvalue weighted by Gasteiger charge is -2.17. The lowest BCUT2D eigenvalue weighted by molar-refractivity contribution is 0.289. The predicted molar refractivity (Wildman–Crippen MR) is 127 cm³/mol. The van der Waals surface area contributed by atoms with E-state index in [1.807, 2.05) is 24.3 Å². The minimum atomic E-state index is -3.65. The summed E-state index contributed by atoms with van der Waals surface area (Å²) < 4.78 is 46.6. The Balaban J connectivity index is 1.37. The summed E-state index contributed by atoms with van der Waals surface area (Å²) in [4.78, 5) is 2.64. The minimum Gasteiger partial charge on any atom is -0.493 e. The van der Waals surface area contributed by atoms with E-state index in [-0.39, 0.29) is 11.4 Å². The highest BCUT2D eigenvalue weighted by molar-refractivity contribution is 7.89. The molecule has 2 heterocycles. The van der Waals surface area contributed by atoms with Gasteiger partial charge in [-0.3, -0.25) is 9.29 Å². The monoisotopic (exact) mass is 487 g/mol. The fourth-order valence-electron chi connectivity index (χ4n) is 3.90. The summed E-state index contributed by atoms with van der Waals surface area (Å²) in [6, 6.07) is 14.3. The average molecular weight is 488 g/mol. The van der Waals surface area contributed by atoms with Crippen LogP contribution in [0.25, 0.3) is 5.69 Å². The Labute approximate surface area is 200 Å². The SMILES string of the molecule is CN(Cc1cn(-c2ccc(OCCCF)cc2)nn1)S(=O)(=O)c1ccc(CN2CCCC2)cc1. The number of hydrogen-bond acceptors (Lipinski definition) is 6. The van der Waals surface area contributed by atoms with Gasteiger partial charge in [0.25, 0.3) is 0 Å². The minimum absolute atomic E-state index is 0.0995. The molecule has 3 aromatic rings. The molecule has 1 aliphatic rings. The standard InChI is InChI=1S/C24H30FN5O3S/c1-28(34(31,32)24-11-5-20(6-12-24)17-29-14-2-3-15-29)18-21-19-30(27-26-21)22-7-9-23(10-8-22)33-16-4-13-25/h5-12,19H,2-4,13-18H2,1H3. The van der Waals surface area contributed by atoms with Crippen molar-refractivity contribution < 1.29 is 17.5 Å². The third-order valence-electron chi connectivity index (χ3n) is 5.81. The van der Waals surface area contributed by atoms with E-state index in [2.05, 4.69) is 15.2 Å². The number of halogens is 1. The molecule has 0 N–H and O–H groups in total. The highest BCUT2D eigenvalue weighted by Crippen LogP contribution is 2.20. The zero-order valence-electron chi connectivity index (χ0n) is 19.3. The first-order valence-electron chi connectivity index (χ1n) is 11.4. The summed E-state index contributed by atoms with van der Waals surface area (Å²) in [5.74, 6) is 0.648. The molecule has 8 nitrogen and oxygen atoms in total. The number of aromatic nitrogens is 3. The normalized spacial score (nSPS) is 14.7. The Hall–Kier alpha value is -2.82. The van der Waals surface area contributed by atoms with E-state index < -0.39 is 16.7 Å². The number of likely N-dealkylation sites (tertiary alicyclic amines) is 1. The van der Waals surface area contributed by atoms with Gasteiger partial charge in [0, 0.05) is 20.0 Å². The van der Waals surface area contributed by atoms with Gasteiger partial charge >= 0.3 is 0 Å². The zero-order valence-corrected chi connectivity index (χ0v) is 20.1. The maximum Gasteiger partial charge on any atom is 0.243 e. The molecule has 182 valence electrons. The summed E-state index contributed by atoms with van der Waals surface area (Å²) in [6.45, 7) is 3.06. The molecule has 1 aromatic heterocycles. The molecule has 0 spiro atoms. The van der Waals surface area contributed by atoms with Crippen LogP contribution in [-0.4, -0.2) is 66.0 Å². The van der Waals surface area contributed by atoms with Gasteiger partial charge in [-0.25, -0.2) is 13.1 Å². The third-order valence-corrected chi connectivity index (χ3v) is 7.63. The summed E-state index contributed by atoms with van der Waals surface area (Å²) in [5.41, 5.74) is 2.40. The van der Waals surface area contributed by atoms with Crippen LogP contribution >= 0.6 is 0 Å². The molecule has 0 radical (unpaired) electrons. The molecule has 0 amide bonds. The Kier molecular flexibility index (Phi) is 7.91. The van der Waals surface area contributed by atoms with E-state index >= 15 is 0 Å². The number of alkyl halides is 1. The van der Waals surface area contributed by atoms with Crippen LogP contribution in [0.2, 0.25) is 0 Å². The molecule has 2 aromatic carbocycles. The molecule has 0 unspecified atom stereocenters. The van der Waals surface area contributed by atoms with E-state index in [0.717, 1.165) is 30.9 Å². The zero-order chi connectivity index (χ0) is 24.0. The molecule has 1 fully saturated rings. The van der Waals surface area contributed by atoms with Gasteiger partial charge in [-0.05, 0) is 67.9 Å². The highest BCUT2D eigenvalue weighted by Gasteiger charge is 2.22. The second-order valence-corrected chi connectivity index (χ2v) is 10.5. The Morgan fingerprint density at radius 3 is 2.44 bits per heavy atom. The van der Waals surface area contributed by atoms with Crippen molar-refractivity contribution in [2.24, 2.45) is 0 Å². The van der Waals surface area contributed by atoms with Crippen molar-refractivity contribution in [3.05, 3.63) is 66.0 Å². The average Bonchev–Trinajstić information content (AvgIpc) is 3.52. The van der Waals surface area contributed by atoms with E-state index in [4.69, 9.17) is 4.74 Å². The van der Waals surface area contributed by atoms with Gasteiger partial charge in [0.1, 0.15) is 5.75 Å². The van der Waals surface area contributed by atoms with Gasteiger partial charge in [0.05, 0.1) is 42.3 Å². The molecule has 10 heteroatoms. The summed E-state index contributed by atoms with van der Waals surface area (Å²) >= 11 is 0. The first-order chi connectivity index (χ1) is 16.5. The molecule has 4 rings (SSSR count). The van der Waals surface area contributed by atoms with Crippen LogP contribution < -0.4 is 4.74 Å². The number of ether oxygens (including phenoxy) is 1. The second-order valence-electron chi connectivity index (χ2n) is 8.43. The van der Waals surface area contributed by atoms with Crippen molar-refractivity contribution in [2.45, 2.75) is 37.2 Å². The van der Waals surface area contributed by atoms with Crippen molar-refractivity contribution in [3.8, 4) is 11.4 Å². The van der Waals surface area contributed by atoms with E-state index in [9.17, 15) is 12.8 Å². The van der Waals surface area contributed by atoms with Crippen molar-refractivity contribution in [1.29, 1.82) is 0 Å². The van der Waals surface area contributed by atoms with E-state index in [1.165, 1.54) is 24.2 Å². The fourth-order valence-corrected chi connectivity index (χ4v) is 5.04. The second kappa shape index (κ2) is 11.1. The first-order valence-corrected chi connectivity index (χ1v) is 12.9. The first kappa shape index (κ1) is 24.3. The van der Waals surface area contributed by atoms with Crippen LogP contribution in [-0.2, 0) is 23.1 Å². The predicted octanol–water partition coefficient (Wildman–Crippen LogP) is 3.42. The Bertz CT molecular complexity index is 1160. The molecule has 0 atom stereocenters. The van der Waals surface area contributed by atoms with Crippen LogP contribution in [0.15, 0.2) is 59.6 Å². The largest absolute Gasteiger partial charge is 0.493 e. The summed E-state index contributed by atoms with van der Waals surface area (Å²) in [6.07, 6.45) is 4.50. The van der Waals surface area contributed by atoms with Gasteiger partial charge in [-0.2, -0.15) is 4.31 Å².